The molecule has 0 spiro atoms. The molecule has 0 heterocycles. The Morgan fingerprint density at radius 3 is 2.33 bits per heavy atom. The minimum Gasteiger partial charge on any atom is -0.239 e. The van der Waals surface area contributed by atoms with Crippen LogP contribution in [0.2, 0.25) is 0 Å². The highest BCUT2D eigenvalue weighted by Gasteiger charge is 1.79. The zero-order valence-electron chi connectivity index (χ0n) is 6.21. The summed E-state index contributed by atoms with van der Waals surface area (Å²) in [4.78, 5) is 13.1. The van der Waals surface area contributed by atoms with Gasteiger partial charge in [-0.05, 0) is 12.1 Å². The van der Waals surface area contributed by atoms with Gasteiger partial charge >= 0.3 is 0 Å². The third-order valence-corrected chi connectivity index (χ3v) is 0.931. The Morgan fingerprint density at radius 2 is 1.92 bits per heavy atom. The first kappa shape index (κ1) is 11.0. The van der Waals surface area contributed by atoms with Crippen molar-refractivity contribution in [3.05, 3.63) is 30.3 Å². The monoisotopic (exact) mass is 231 g/mol. The van der Waals surface area contributed by atoms with Crippen molar-refractivity contribution in [1.82, 2.24) is 0 Å². The number of nitrogens with zero attached hydrogens (tertiary/aromatic N) is 1. The number of hydrogen-bond acceptors (Lipinski definition) is 2. The van der Waals surface area contributed by atoms with Crippen LogP contribution in [-0.4, -0.2) is 11.7 Å². The Morgan fingerprint density at radius 1 is 1.42 bits per heavy atom. The standard InChI is InChI=1S/C7H5NO.CH2BrF/c9-6-8-7-4-2-1-3-5-7;2-1-3/h1-5H;1H2. The highest BCUT2D eigenvalue weighted by atomic mass is 79.9. The van der Waals surface area contributed by atoms with E-state index < -0.39 is 5.58 Å². The summed E-state index contributed by atoms with van der Waals surface area (Å²) in [5.74, 6) is 0. The molecular weight excluding hydrogens is 225 g/mol. The van der Waals surface area contributed by atoms with Crippen LogP contribution in [0.15, 0.2) is 35.3 Å². The fraction of sp³-hybridized carbons (Fsp3) is 0.125. The Balaban J connectivity index is 0.000000354. The van der Waals surface area contributed by atoms with Crippen molar-refractivity contribution < 1.29 is 9.18 Å². The molecule has 0 saturated heterocycles. The molecule has 0 saturated carbocycles. The van der Waals surface area contributed by atoms with Crippen LogP contribution < -0.4 is 0 Å². The third-order valence-electron chi connectivity index (χ3n) is 0.931. The minimum atomic E-state index is -0.438. The molecule has 64 valence electrons. The lowest BCUT2D eigenvalue weighted by Crippen LogP contribution is -1.59. The predicted molar refractivity (Wildman–Crippen MR) is 49.1 cm³/mol. The van der Waals surface area contributed by atoms with Crippen LogP contribution in [0, 0.1) is 0 Å². The van der Waals surface area contributed by atoms with E-state index in [9.17, 15) is 9.18 Å². The van der Waals surface area contributed by atoms with Crippen LogP contribution in [0.1, 0.15) is 0 Å². The Labute approximate surface area is 78.3 Å². The maximum Gasteiger partial charge on any atom is 0.240 e. The molecule has 0 amide bonds. The zero-order chi connectivity index (χ0) is 9.23. The first-order valence-corrected chi connectivity index (χ1v) is 4.22. The first-order valence-electron chi connectivity index (χ1n) is 3.10. The largest absolute Gasteiger partial charge is 0.240 e. The number of rotatable bonds is 1. The molecule has 0 atom stereocenters. The molecule has 0 aliphatic rings. The summed E-state index contributed by atoms with van der Waals surface area (Å²) in [6.45, 7) is 0. The lowest BCUT2D eigenvalue weighted by molar-refractivity contribution is 0.565. The summed E-state index contributed by atoms with van der Waals surface area (Å²) in [7, 11) is 0. The molecule has 2 nitrogen and oxygen atoms in total. The zero-order valence-corrected chi connectivity index (χ0v) is 7.79. The Hall–Kier alpha value is -0.990. The summed E-state index contributed by atoms with van der Waals surface area (Å²) >= 11 is 2.48. The van der Waals surface area contributed by atoms with Crippen LogP contribution in [0.3, 0.4) is 0 Å². The highest BCUT2D eigenvalue weighted by Crippen LogP contribution is 2.06. The summed E-state index contributed by atoms with van der Waals surface area (Å²) in [5.41, 5.74) is 0.208. The van der Waals surface area contributed by atoms with Gasteiger partial charge in [0.05, 0.1) is 5.69 Å². The number of para-hydroxylation sites is 1. The van der Waals surface area contributed by atoms with E-state index >= 15 is 0 Å². The van der Waals surface area contributed by atoms with E-state index in [1.165, 1.54) is 6.08 Å². The number of isocyanates is 1. The molecule has 0 aliphatic heterocycles. The van der Waals surface area contributed by atoms with Gasteiger partial charge < -0.3 is 0 Å². The van der Waals surface area contributed by atoms with Crippen LogP contribution in [0.25, 0.3) is 0 Å². The van der Waals surface area contributed by atoms with E-state index in [-0.39, 0.29) is 0 Å². The van der Waals surface area contributed by atoms with Crippen LogP contribution in [0.5, 0.6) is 0 Å². The number of halogens is 2. The van der Waals surface area contributed by atoms with E-state index in [4.69, 9.17) is 0 Å². The fourth-order valence-electron chi connectivity index (χ4n) is 0.555. The van der Waals surface area contributed by atoms with E-state index in [2.05, 4.69) is 20.9 Å². The van der Waals surface area contributed by atoms with Crippen LogP contribution in [-0.2, 0) is 4.79 Å². The molecule has 4 heteroatoms. The van der Waals surface area contributed by atoms with Crippen molar-refractivity contribution in [2.24, 2.45) is 4.99 Å². The molecule has 0 unspecified atom stereocenters. The molecule has 1 aromatic rings. The lowest BCUT2D eigenvalue weighted by atomic mass is 10.3. The molecule has 1 aromatic carbocycles. The Kier molecular flexibility index (Phi) is 7.44. The highest BCUT2D eigenvalue weighted by molar-refractivity contribution is 9.09. The molecule has 0 aliphatic carbocycles. The predicted octanol–water partition coefficient (Wildman–Crippen LogP) is 2.96. The van der Waals surface area contributed by atoms with Crippen molar-refractivity contribution in [3.63, 3.8) is 0 Å². The van der Waals surface area contributed by atoms with Crippen molar-refractivity contribution in [1.29, 1.82) is 0 Å². The molecular formula is C8H7BrFNO. The molecule has 0 N–H and O–H groups in total. The van der Waals surface area contributed by atoms with Crippen molar-refractivity contribution in [2.45, 2.75) is 0 Å². The first-order chi connectivity index (χ1) is 5.85. The number of carbonyl (C=O) groups excluding carboxylic acids is 1. The molecule has 0 aromatic heterocycles. The van der Waals surface area contributed by atoms with E-state index in [0.29, 0.717) is 5.69 Å². The van der Waals surface area contributed by atoms with Gasteiger partial charge in [-0.3, -0.25) is 0 Å². The van der Waals surface area contributed by atoms with E-state index in [1.54, 1.807) is 12.1 Å². The van der Waals surface area contributed by atoms with Gasteiger partial charge in [-0.1, -0.05) is 34.1 Å². The van der Waals surface area contributed by atoms with Gasteiger partial charge in [0, 0.05) is 0 Å². The van der Waals surface area contributed by atoms with Gasteiger partial charge in [0.25, 0.3) is 0 Å². The topological polar surface area (TPSA) is 29.4 Å². The fourth-order valence-corrected chi connectivity index (χ4v) is 0.555. The maximum atomic E-state index is 10.2. The molecule has 0 bridgehead atoms. The van der Waals surface area contributed by atoms with Crippen LogP contribution in [0.4, 0.5) is 10.1 Å². The van der Waals surface area contributed by atoms with Gasteiger partial charge in [0.1, 0.15) is 5.58 Å². The van der Waals surface area contributed by atoms with E-state index in [0.717, 1.165) is 0 Å². The normalized spacial score (nSPS) is 7.50. The van der Waals surface area contributed by atoms with E-state index in [1.807, 2.05) is 18.2 Å². The van der Waals surface area contributed by atoms with Crippen molar-refractivity contribution in [2.75, 3.05) is 5.58 Å². The van der Waals surface area contributed by atoms with Gasteiger partial charge in [-0.2, -0.15) is 4.99 Å². The van der Waals surface area contributed by atoms with Crippen molar-refractivity contribution in [3.8, 4) is 0 Å². The molecule has 0 fully saturated rings. The second-order valence-corrected chi connectivity index (χ2v) is 2.06. The summed E-state index contributed by atoms with van der Waals surface area (Å²) in [5, 5.41) is 0. The lowest BCUT2D eigenvalue weighted by Gasteiger charge is -1.83. The summed E-state index contributed by atoms with van der Waals surface area (Å²) in [6.07, 6.45) is 1.46. The van der Waals surface area contributed by atoms with Gasteiger partial charge in [0.2, 0.25) is 6.08 Å². The number of alkyl halides is 2. The molecule has 12 heavy (non-hydrogen) atoms. The average molecular weight is 232 g/mol. The maximum absolute atomic E-state index is 10.2. The number of aliphatic imine (C=N–C) groups is 1. The second kappa shape index (κ2) is 8.11. The summed E-state index contributed by atoms with van der Waals surface area (Å²) < 4.78 is 10.2. The Bertz CT molecular complexity index is 246. The van der Waals surface area contributed by atoms with Crippen LogP contribution >= 0.6 is 15.9 Å². The van der Waals surface area contributed by atoms with Gasteiger partial charge in [0.15, 0.2) is 0 Å². The smallest absolute Gasteiger partial charge is 0.239 e. The minimum absolute atomic E-state index is 0.438. The number of benzene rings is 1. The third kappa shape index (κ3) is 5.77. The second-order valence-electron chi connectivity index (χ2n) is 1.64. The van der Waals surface area contributed by atoms with Gasteiger partial charge in [-0.25, -0.2) is 9.18 Å². The quantitative estimate of drug-likeness (QED) is 0.415. The number of hydrogen-bond donors (Lipinski definition) is 0. The molecule has 1 rings (SSSR count). The SMILES string of the molecule is FCBr.O=C=Nc1ccccc1. The average Bonchev–Trinajstić information content (AvgIpc) is 2.08. The van der Waals surface area contributed by atoms with Gasteiger partial charge in [-0.15, -0.1) is 0 Å². The summed E-state index contributed by atoms with van der Waals surface area (Å²) in [6, 6.07) is 8.98. The van der Waals surface area contributed by atoms with Crippen molar-refractivity contribution >= 4 is 27.7 Å². The molecule has 0 radical (unpaired) electrons.